The van der Waals surface area contributed by atoms with Crippen LogP contribution < -0.4 is 0 Å². The SMILES string of the molecule is O=C(CCCl)c1ccc(I)c(Br)c1. The first-order chi connectivity index (χ1) is 6.15. The molecule has 0 heterocycles. The highest BCUT2D eigenvalue weighted by molar-refractivity contribution is 14.1. The zero-order valence-electron chi connectivity index (χ0n) is 6.69. The second-order valence-corrected chi connectivity index (χ2v) is 4.89. The van der Waals surface area contributed by atoms with Crippen LogP contribution in [0, 0.1) is 3.57 Å². The first kappa shape index (κ1) is 11.5. The van der Waals surface area contributed by atoms with Gasteiger partial charge in [0.2, 0.25) is 0 Å². The maximum absolute atomic E-state index is 11.4. The van der Waals surface area contributed by atoms with Crippen LogP contribution in [0.15, 0.2) is 22.7 Å². The Labute approximate surface area is 104 Å². The Morgan fingerprint density at radius 1 is 1.54 bits per heavy atom. The van der Waals surface area contributed by atoms with Gasteiger partial charge in [-0.25, -0.2) is 0 Å². The molecule has 70 valence electrons. The van der Waals surface area contributed by atoms with Crippen molar-refractivity contribution in [2.24, 2.45) is 0 Å². The summed E-state index contributed by atoms with van der Waals surface area (Å²) in [4.78, 5) is 11.4. The minimum atomic E-state index is 0.0899. The summed E-state index contributed by atoms with van der Waals surface area (Å²) in [6.45, 7) is 0. The van der Waals surface area contributed by atoms with Gasteiger partial charge in [-0.2, -0.15) is 0 Å². The van der Waals surface area contributed by atoms with Crippen LogP contribution in [-0.4, -0.2) is 11.7 Å². The summed E-state index contributed by atoms with van der Waals surface area (Å²) in [5.41, 5.74) is 0.716. The van der Waals surface area contributed by atoms with Crippen LogP contribution in [0.3, 0.4) is 0 Å². The van der Waals surface area contributed by atoms with Gasteiger partial charge in [0.05, 0.1) is 0 Å². The maximum atomic E-state index is 11.4. The molecule has 0 aliphatic carbocycles. The number of ketones is 1. The number of alkyl halides is 1. The molecule has 1 aromatic rings. The Morgan fingerprint density at radius 3 is 2.77 bits per heavy atom. The van der Waals surface area contributed by atoms with Crippen molar-refractivity contribution in [1.82, 2.24) is 0 Å². The Balaban J connectivity index is 2.90. The number of Topliss-reactive ketones (excluding diaryl/α,β-unsaturated/α-hetero) is 1. The Kier molecular flexibility index (Phi) is 4.69. The Morgan fingerprint density at radius 2 is 2.23 bits per heavy atom. The number of rotatable bonds is 3. The maximum Gasteiger partial charge on any atom is 0.164 e. The van der Waals surface area contributed by atoms with Crippen LogP contribution in [0.2, 0.25) is 0 Å². The van der Waals surface area contributed by atoms with E-state index in [1.807, 2.05) is 18.2 Å². The van der Waals surface area contributed by atoms with Crippen LogP contribution in [-0.2, 0) is 0 Å². The molecule has 0 aliphatic rings. The van der Waals surface area contributed by atoms with Gasteiger partial charge in [-0.15, -0.1) is 11.6 Å². The summed E-state index contributed by atoms with van der Waals surface area (Å²) in [7, 11) is 0. The molecule has 0 unspecified atom stereocenters. The topological polar surface area (TPSA) is 17.1 Å². The third kappa shape index (κ3) is 3.22. The summed E-state index contributed by atoms with van der Waals surface area (Å²) in [5.74, 6) is 0.467. The molecule has 0 radical (unpaired) electrons. The molecule has 0 aromatic heterocycles. The summed E-state index contributed by atoms with van der Waals surface area (Å²) in [6.07, 6.45) is 0.397. The van der Waals surface area contributed by atoms with Gasteiger partial charge < -0.3 is 0 Å². The minimum absolute atomic E-state index is 0.0899. The third-order valence-electron chi connectivity index (χ3n) is 1.56. The highest BCUT2D eigenvalue weighted by Crippen LogP contribution is 2.20. The van der Waals surface area contributed by atoms with Crippen molar-refractivity contribution in [3.8, 4) is 0 Å². The van der Waals surface area contributed by atoms with E-state index in [1.54, 1.807) is 0 Å². The van der Waals surface area contributed by atoms with E-state index >= 15 is 0 Å². The fraction of sp³-hybridized carbons (Fsp3) is 0.222. The average Bonchev–Trinajstić information content (AvgIpc) is 2.10. The van der Waals surface area contributed by atoms with Crippen LogP contribution in [0.1, 0.15) is 16.8 Å². The van der Waals surface area contributed by atoms with Gasteiger partial charge in [0.15, 0.2) is 5.78 Å². The molecule has 13 heavy (non-hydrogen) atoms. The number of hydrogen-bond acceptors (Lipinski definition) is 1. The lowest BCUT2D eigenvalue weighted by molar-refractivity contribution is 0.0989. The van der Waals surface area contributed by atoms with E-state index in [0.29, 0.717) is 17.9 Å². The van der Waals surface area contributed by atoms with Crippen LogP contribution in [0.25, 0.3) is 0 Å². The van der Waals surface area contributed by atoms with E-state index in [4.69, 9.17) is 11.6 Å². The van der Waals surface area contributed by atoms with E-state index in [2.05, 4.69) is 38.5 Å². The largest absolute Gasteiger partial charge is 0.294 e. The molecule has 1 rings (SSSR count). The third-order valence-corrected chi connectivity index (χ3v) is 4.09. The van der Waals surface area contributed by atoms with E-state index in [-0.39, 0.29) is 5.78 Å². The monoisotopic (exact) mass is 372 g/mol. The van der Waals surface area contributed by atoms with Crippen LogP contribution >= 0.6 is 50.1 Å². The molecule has 0 aliphatic heterocycles. The predicted molar refractivity (Wildman–Crippen MR) is 66.5 cm³/mol. The summed E-state index contributed by atoms with van der Waals surface area (Å²) >= 11 is 11.1. The molecule has 4 heteroatoms. The van der Waals surface area contributed by atoms with E-state index in [0.717, 1.165) is 8.04 Å². The van der Waals surface area contributed by atoms with E-state index in [9.17, 15) is 4.79 Å². The molecule has 1 aromatic carbocycles. The highest BCUT2D eigenvalue weighted by atomic mass is 127. The number of halogens is 3. The van der Waals surface area contributed by atoms with Crippen LogP contribution in [0.5, 0.6) is 0 Å². The molecule has 0 saturated heterocycles. The fourth-order valence-electron chi connectivity index (χ4n) is 0.900. The lowest BCUT2D eigenvalue weighted by atomic mass is 10.1. The molecular weight excluding hydrogens is 366 g/mol. The van der Waals surface area contributed by atoms with Gasteiger partial charge in [-0.1, -0.05) is 6.07 Å². The first-order valence-corrected chi connectivity index (χ1v) is 6.10. The molecule has 0 bridgehead atoms. The predicted octanol–water partition coefficient (Wildman–Crippen LogP) is 3.87. The number of benzene rings is 1. The zero-order valence-corrected chi connectivity index (χ0v) is 11.2. The molecule has 0 amide bonds. The number of hydrogen-bond donors (Lipinski definition) is 0. The zero-order chi connectivity index (χ0) is 9.84. The fourth-order valence-corrected chi connectivity index (χ4v) is 1.79. The van der Waals surface area contributed by atoms with Gasteiger partial charge >= 0.3 is 0 Å². The second kappa shape index (κ2) is 5.32. The van der Waals surface area contributed by atoms with Crippen LogP contribution in [0.4, 0.5) is 0 Å². The smallest absolute Gasteiger partial charge is 0.164 e. The molecule has 0 saturated carbocycles. The summed E-state index contributed by atoms with van der Waals surface area (Å²) in [5, 5.41) is 0. The molecule has 0 spiro atoms. The normalized spacial score (nSPS) is 10.1. The van der Waals surface area contributed by atoms with Gasteiger partial charge in [0.25, 0.3) is 0 Å². The minimum Gasteiger partial charge on any atom is -0.294 e. The van der Waals surface area contributed by atoms with Crippen molar-refractivity contribution in [2.45, 2.75) is 6.42 Å². The van der Waals surface area contributed by atoms with E-state index < -0.39 is 0 Å². The highest BCUT2D eigenvalue weighted by Gasteiger charge is 2.06. The molecule has 0 N–H and O–H groups in total. The number of carbonyl (C=O) groups is 1. The molecule has 0 atom stereocenters. The van der Waals surface area contributed by atoms with Gasteiger partial charge in [0.1, 0.15) is 0 Å². The Bertz CT molecular complexity index is 327. The standard InChI is InChI=1S/C9H7BrClIO/c10-7-5-6(1-2-8(7)12)9(13)3-4-11/h1-2,5H,3-4H2. The number of carbonyl (C=O) groups excluding carboxylic acids is 1. The molecule has 0 fully saturated rings. The van der Waals surface area contributed by atoms with Crippen molar-refractivity contribution < 1.29 is 4.79 Å². The molecule has 1 nitrogen and oxygen atoms in total. The molecular formula is C9H7BrClIO. The van der Waals surface area contributed by atoms with Crippen molar-refractivity contribution in [1.29, 1.82) is 0 Å². The van der Waals surface area contributed by atoms with Crippen molar-refractivity contribution in [3.63, 3.8) is 0 Å². The van der Waals surface area contributed by atoms with Gasteiger partial charge in [-0.3, -0.25) is 4.79 Å². The van der Waals surface area contributed by atoms with Crippen molar-refractivity contribution in [2.75, 3.05) is 5.88 Å². The van der Waals surface area contributed by atoms with E-state index in [1.165, 1.54) is 0 Å². The first-order valence-electron chi connectivity index (χ1n) is 3.69. The van der Waals surface area contributed by atoms with Crippen molar-refractivity contribution >= 4 is 55.9 Å². The Hall–Kier alpha value is 0.390. The quantitative estimate of drug-likeness (QED) is 0.447. The lowest BCUT2D eigenvalue weighted by Gasteiger charge is -2.00. The summed E-state index contributed by atoms with van der Waals surface area (Å²) in [6, 6.07) is 5.56. The van der Waals surface area contributed by atoms with Crippen molar-refractivity contribution in [3.05, 3.63) is 31.8 Å². The average molecular weight is 373 g/mol. The van der Waals surface area contributed by atoms with Gasteiger partial charge in [-0.05, 0) is 50.7 Å². The summed E-state index contributed by atoms with van der Waals surface area (Å²) < 4.78 is 2.05. The second-order valence-electron chi connectivity index (χ2n) is 2.49. The lowest BCUT2D eigenvalue weighted by Crippen LogP contribution is -1.99. The van der Waals surface area contributed by atoms with Gasteiger partial charge in [0, 0.05) is 25.9 Å².